The molecular weight excluding hydrogens is 362 g/mol. The van der Waals surface area contributed by atoms with E-state index in [-0.39, 0.29) is 24.3 Å². The third-order valence-corrected chi connectivity index (χ3v) is 4.40. The van der Waals surface area contributed by atoms with Crippen LogP contribution >= 0.6 is 0 Å². The highest BCUT2D eigenvalue weighted by Gasteiger charge is 2.20. The van der Waals surface area contributed by atoms with E-state index in [9.17, 15) is 14.7 Å². The molecule has 9 nitrogen and oxygen atoms in total. The molecule has 2 heterocycles. The average Bonchev–Trinajstić information content (AvgIpc) is 3.01. The minimum Gasteiger partial charge on any atom is -0.491 e. The Morgan fingerprint density at radius 1 is 1.32 bits per heavy atom. The standard InChI is InChI=1S/C19H23N5O4/c1-5-20-18-21-16-15(17(26)23(4)19(27)22(16)3)24(18)10-13(25)11-28-14-8-6-7-12(2)9-14/h5-9,13,25H,1,10-11H2,2-4H3,(H,20,21)/t13-/m1/s1. The van der Waals surface area contributed by atoms with E-state index in [1.165, 1.54) is 29.4 Å². The van der Waals surface area contributed by atoms with E-state index >= 15 is 0 Å². The van der Waals surface area contributed by atoms with Crippen molar-refractivity contribution < 1.29 is 9.84 Å². The highest BCUT2D eigenvalue weighted by atomic mass is 16.5. The van der Waals surface area contributed by atoms with Gasteiger partial charge in [-0.15, -0.1) is 0 Å². The normalized spacial score (nSPS) is 12.1. The van der Waals surface area contributed by atoms with Gasteiger partial charge in [0.05, 0.1) is 6.54 Å². The molecule has 9 heteroatoms. The van der Waals surface area contributed by atoms with Gasteiger partial charge in [-0.1, -0.05) is 18.7 Å². The van der Waals surface area contributed by atoms with Gasteiger partial charge < -0.3 is 19.7 Å². The van der Waals surface area contributed by atoms with Crippen LogP contribution in [-0.2, 0) is 20.6 Å². The molecule has 0 unspecified atom stereocenters. The first-order chi connectivity index (χ1) is 13.3. The third-order valence-electron chi connectivity index (χ3n) is 4.40. The van der Waals surface area contributed by atoms with E-state index in [1.807, 2.05) is 31.2 Å². The molecule has 0 saturated carbocycles. The summed E-state index contributed by atoms with van der Waals surface area (Å²) >= 11 is 0. The fourth-order valence-corrected chi connectivity index (χ4v) is 2.99. The lowest BCUT2D eigenvalue weighted by atomic mass is 10.2. The molecule has 0 aliphatic carbocycles. The van der Waals surface area contributed by atoms with Crippen LogP contribution in [0, 0.1) is 6.92 Å². The Morgan fingerprint density at radius 2 is 2.07 bits per heavy atom. The zero-order valence-corrected chi connectivity index (χ0v) is 16.0. The molecule has 1 atom stereocenters. The number of hydrogen-bond acceptors (Lipinski definition) is 6. The quantitative estimate of drug-likeness (QED) is 0.622. The van der Waals surface area contributed by atoms with E-state index in [0.717, 1.165) is 10.1 Å². The maximum atomic E-state index is 12.7. The predicted octanol–water partition coefficient (Wildman–Crippen LogP) is 0.737. The van der Waals surface area contributed by atoms with Crippen LogP contribution in [0.4, 0.5) is 5.95 Å². The Labute approximate surface area is 161 Å². The van der Waals surface area contributed by atoms with E-state index < -0.39 is 17.4 Å². The van der Waals surface area contributed by atoms with Crippen molar-refractivity contribution in [1.29, 1.82) is 0 Å². The molecule has 3 rings (SSSR count). The molecule has 2 aromatic heterocycles. The monoisotopic (exact) mass is 385 g/mol. The molecule has 0 fully saturated rings. The lowest BCUT2D eigenvalue weighted by Crippen LogP contribution is -2.38. The molecule has 1 aromatic carbocycles. The minimum absolute atomic E-state index is 0.0305. The van der Waals surface area contributed by atoms with Gasteiger partial charge in [0.2, 0.25) is 5.95 Å². The number of hydrogen-bond donors (Lipinski definition) is 2. The van der Waals surface area contributed by atoms with E-state index in [0.29, 0.717) is 11.7 Å². The number of nitrogens with zero attached hydrogens (tertiary/aromatic N) is 4. The maximum absolute atomic E-state index is 12.7. The Morgan fingerprint density at radius 3 is 2.75 bits per heavy atom. The van der Waals surface area contributed by atoms with Crippen LogP contribution in [0.5, 0.6) is 5.75 Å². The fourth-order valence-electron chi connectivity index (χ4n) is 2.99. The summed E-state index contributed by atoms with van der Waals surface area (Å²) in [6, 6.07) is 7.50. The van der Waals surface area contributed by atoms with Gasteiger partial charge in [-0.3, -0.25) is 13.9 Å². The summed E-state index contributed by atoms with van der Waals surface area (Å²) in [7, 11) is 2.94. The van der Waals surface area contributed by atoms with Crippen LogP contribution in [-0.4, -0.2) is 36.5 Å². The summed E-state index contributed by atoms with van der Waals surface area (Å²) in [4.78, 5) is 29.1. The van der Waals surface area contributed by atoms with Crippen molar-refractivity contribution in [2.45, 2.75) is 19.6 Å². The van der Waals surface area contributed by atoms with Gasteiger partial charge in [-0.05, 0) is 30.8 Å². The van der Waals surface area contributed by atoms with Gasteiger partial charge in [0, 0.05) is 14.1 Å². The van der Waals surface area contributed by atoms with Crippen LogP contribution < -0.4 is 21.3 Å². The van der Waals surface area contributed by atoms with E-state index in [1.54, 1.807) is 0 Å². The topological polar surface area (TPSA) is 103 Å². The smallest absolute Gasteiger partial charge is 0.332 e. The zero-order valence-electron chi connectivity index (χ0n) is 16.0. The van der Waals surface area contributed by atoms with Gasteiger partial charge in [0.25, 0.3) is 5.56 Å². The number of aryl methyl sites for hydroxylation is 2. The Hall–Kier alpha value is -3.33. The average molecular weight is 385 g/mol. The summed E-state index contributed by atoms with van der Waals surface area (Å²) in [6.07, 6.45) is 0.501. The molecule has 0 amide bonds. The molecule has 0 saturated heterocycles. The number of ether oxygens (including phenoxy) is 1. The maximum Gasteiger partial charge on any atom is 0.332 e. The lowest BCUT2D eigenvalue weighted by molar-refractivity contribution is 0.0938. The lowest BCUT2D eigenvalue weighted by Gasteiger charge is -2.15. The molecule has 0 aliphatic heterocycles. The minimum atomic E-state index is -0.912. The highest BCUT2D eigenvalue weighted by Crippen LogP contribution is 2.17. The Bertz CT molecular complexity index is 1140. The van der Waals surface area contributed by atoms with Gasteiger partial charge in [0.1, 0.15) is 18.5 Å². The van der Waals surface area contributed by atoms with Crippen molar-refractivity contribution in [3.8, 4) is 5.75 Å². The van der Waals surface area contributed by atoms with Crippen molar-refractivity contribution in [1.82, 2.24) is 18.7 Å². The number of aliphatic hydroxyl groups is 1. The Balaban J connectivity index is 1.94. The molecular formula is C19H23N5O4. The number of aromatic nitrogens is 4. The molecule has 0 spiro atoms. The first-order valence-corrected chi connectivity index (χ1v) is 8.74. The number of rotatable bonds is 7. The molecule has 2 N–H and O–H groups in total. The second kappa shape index (κ2) is 7.73. The number of nitrogens with one attached hydrogen (secondary N) is 1. The van der Waals surface area contributed by atoms with E-state index in [4.69, 9.17) is 4.74 Å². The Kier molecular flexibility index (Phi) is 5.36. The summed E-state index contributed by atoms with van der Waals surface area (Å²) in [5.74, 6) is 0.954. The van der Waals surface area contributed by atoms with Crippen molar-refractivity contribution in [3.63, 3.8) is 0 Å². The summed E-state index contributed by atoms with van der Waals surface area (Å²) in [5.41, 5.74) is 0.521. The number of anilines is 1. The van der Waals surface area contributed by atoms with E-state index in [2.05, 4.69) is 16.9 Å². The largest absolute Gasteiger partial charge is 0.491 e. The van der Waals surface area contributed by atoms with Crippen molar-refractivity contribution in [2.24, 2.45) is 14.1 Å². The number of benzene rings is 1. The SMILES string of the molecule is C=CNc1nc2c(c(=O)n(C)c(=O)n2C)n1C[C@@H](O)COc1cccc(C)c1. The predicted molar refractivity (Wildman–Crippen MR) is 107 cm³/mol. The zero-order chi connectivity index (χ0) is 20.4. The van der Waals surface area contributed by atoms with Crippen LogP contribution in [0.3, 0.4) is 0 Å². The summed E-state index contributed by atoms with van der Waals surface area (Å²) in [5, 5.41) is 13.3. The first kappa shape index (κ1) is 19.4. The molecule has 148 valence electrons. The fraction of sp³-hybridized carbons (Fsp3) is 0.316. The van der Waals surface area contributed by atoms with Gasteiger partial charge in [0.15, 0.2) is 11.2 Å². The number of fused-ring (bicyclic) bond motifs is 1. The highest BCUT2D eigenvalue weighted by molar-refractivity contribution is 5.74. The van der Waals surface area contributed by atoms with Crippen LogP contribution in [0.15, 0.2) is 46.6 Å². The van der Waals surface area contributed by atoms with Crippen LogP contribution in [0.2, 0.25) is 0 Å². The molecule has 0 bridgehead atoms. The third kappa shape index (κ3) is 3.56. The van der Waals surface area contributed by atoms with Crippen LogP contribution in [0.25, 0.3) is 11.2 Å². The van der Waals surface area contributed by atoms with Gasteiger partial charge >= 0.3 is 5.69 Å². The number of aliphatic hydroxyl groups excluding tert-OH is 1. The summed E-state index contributed by atoms with van der Waals surface area (Å²) in [6.45, 7) is 5.64. The molecule has 3 aromatic rings. The molecule has 0 aliphatic rings. The van der Waals surface area contributed by atoms with Crippen molar-refractivity contribution >= 4 is 17.1 Å². The second-order valence-corrected chi connectivity index (χ2v) is 6.55. The summed E-state index contributed by atoms with van der Waals surface area (Å²) < 4.78 is 9.47. The first-order valence-electron chi connectivity index (χ1n) is 8.74. The van der Waals surface area contributed by atoms with Gasteiger partial charge in [-0.25, -0.2) is 4.79 Å². The van der Waals surface area contributed by atoms with Gasteiger partial charge in [-0.2, -0.15) is 4.98 Å². The second-order valence-electron chi connectivity index (χ2n) is 6.55. The number of imidazole rings is 1. The molecule has 0 radical (unpaired) electrons. The van der Waals surface area contributed by atoms with Crippen molar-refractivity contribution in [2.75, 3.05) is 11.9 Å². The molecule has 28 heavy (non-hydrogen) atoms. The van der Waals surface area contributed by atoms with Crippen molar-refractivity contribution in [3.05, 3.63) is 63.4 Å². The van der Waals surface area contributed by atoms with Crippen LogP contribution in [0.1, 0.15) is 5.56 Å².